The van der Waals surface area contributed by atoms with E-state index < -0.39 is 24.2 Å². The highest BCUT2D eigenvalue weighted by Gasteiger charge is 2.46. The SMILES string of the molecule is Cc1cc(=O)n2[nH]c(C3CCCN3C(=O)c3cnn4c3NC(C)CC4C(F)(F)F)cc2n1. The third-order valence-corrected chi connectivity index (χ3v) is 6.13. The van der Waals surface area contributed by atoms with Gasteiger partial charge in [0.05, 0.1) is 17.9 Å². The molecule has 0 aromatic carbocycles. The Bertz CT molecular complexity index is 1260. The molecule has 0 spiro atoms. The lowest BCUT2D eigenvalue weighted by atomic mass is 10.0. The molecule has 32 heavy (non-hydrogen) atoms. The highest BCUT2D eigenvalue weighted by molar-refractivity contribution is 5.99. The van der Waals surface area contributed by atoms with Gasteiger partial charge in [0.25, 0.3) is 11.5 Å². The first-order valence-electron chi connectivity index (χ1n) is 10.4. The van der Waals surface area contributed by atoms with E-state index in [1.165, 1.54) is 16.8 Å². The van der Waals surface area contributed by atoms with E-state index in [1.54, 1.807) is 24.8 Å². The van der Waals surface area contributed by atoms with Crippen LogP contribution in [-0.2, 0) is 0 Å². The smallest absolute Gasteiger partial charge is 0.367 e. The minimum Gasteiger partial charge on any atom is -0.367 e. The quantitative estimate of drug-likeness (QED) is 0.627. The van der Waals surface area contributed by atoms with Crippen LogP contribution in [0.5, 0.6) is 0 Å². The second kappa shape index (κ2) is 7.10. The first kappa shape index (κ1) is 20.6. The van der Waals surface area contributed by atoms with Gasteiger partial charge in [0.15, 0.2) is 11.7 Å². The maximum absolute atomic E-state index is 13.5. The summed E-state index contributed by atoms with van der Waals surface area (Å²) in [5.41, 5.74) is 1.56. The van der Waals surface area contributed by atoms with Crippen LogP contribution in [0.2, 0.25) is 0 Å². The van der Waals surface area contributed by atoms with Gasteiger partial charge in [0.2, 0.25) is 0 Å². The Kier molecular flexibility index (Phi) is 4.57. The highest BCUT2D eigenvalue weighted by atomic mass is 19.4. The van der Waals surface area contributed by atoms with Crippen LogP contribution in [0.4, 0.5) is 19.0 Å². The van der Waals surface area contributed by atoms with E-state index in [2.05, 4.69) is 20.5 Å². The van der Waals surface area contributed by atoms with Gasteiger partial charge in [-0.25, -0.2) is 14.2 Å². The van der Waals surface area contributed by atoms with Gasteiger partial charge < -0.3 is 10.2 Å². The van der Waals surface area contributed by atoms with Crippen molar-refractivity contribution in [3.05, 3.63) is 45.6 Å². The fourth-order valence-electron chi connectivity index (χ4n) is 4.69. The number of amides is 1. The molecule has 1 fully saturated rings. The highest BCUT2D eigenvalue weighted by Crippen LogP contribution is 2.41. The number of nitrogens with one attached hydrogen (secondary N) is 2. The number of nitrogens with zero attached hydrogens (tertiary/aromatic N) is 5. The third kappa shape index (κ3) is 3.24. The minimum atomic E-state index is -4.46. The van der Waals surface area contributed by atoms with E-state index >= 15 is 0 Å². The topological polar surface area (TPSA) is 100 Å². The molecular formula is C20H22F3N7O2. The summed E-state index contributed by atoms with van der Waals surface area (Å²) in [7, 11) is 0. The maximum Gasteiger partial charge on any atom is 0.410 e. The van der Waals surface area contributed by atoms with E-state index in [4.69, 9.17) is 0 Å². The number of carbonyl (C=O) groups is 1. The van der Waals surface area contributed by atoms with Gasteiger partial charge in [-0.05, 0) is 33.1 Å². The molecule has 0 aliphatic carbocycles. The molecule has 3 unspecified atom stereocenters. The van der Waals surface area contributed by atoms with E-state index in [0.29, 0.717) is 30.0 Å². The van der Waals surface area contributed by atoms with Crippen molar-refractivity contribution in [2.45, 2.75) is 57.4 Å². The van der Waals surface area contributed by atoms with Crippen molar-refractivity contribution < 1.29 is 18.0 Å². The first-order valence-corrected chi connectivity index (χ1v) is 10.4. The summed E-state index contributed by atoms with van der Waals surface area (Å²) in [6.07, 6.45) is -2.03. The van der Waals surface area contributed by atoms with Crippen molar-refractivity contribution in [1.82, 2.24) is 29.3 Å². The van der Waals surface area contributed by atoms with Crippen molar-refractivity contribution in [1.29, 1.82) is 0 Å². The number of aryl methyl sites for hydroxylation is 1. The zero-order valence-corrected chi connectivity index (χ0v) is 17.5. The fraction of sp³-hybridized carbons (Fsp3) is 0.500. The van der Waals surface area contributed by atoms with E-state index in [0.717, 1.165) is 11.1 Å². The number of halogens is 3. The van der Waals surface area contributed by atoms with Gasteiger partial charge in [0.1, 0.15) is 11.4 Å². The lowest BCUT2D eigenvalue weighted by molar-refractivity contribution is -0.173. The van der Waals surface area contributed by atoms with Crippen molar-refractivity contribution in [2.24, 2.45) is 0 Å². The molecule has 3 aromatic heterocycles. The molecule has 12 heteroatoms. The largest absolute Gasteiger partial charge is 0.410 e. The van der Waals surface area contributed by atoms with Gasteiger partial charge in [-0.3, -0.25) is 14.7 Å². The molecule has 3 aromatic rings. The summed E-state index contributed by atoms with van der Waals surface area (Å²) in [6, 6.07) is 0.562. The lowest BCUT2D eigenvalue weighted by Gasteiger charge is -2.32. The van der Waals surface area contributed by atoms with Crippen LogP contribution >= 0.6 is 0 Å². The number of alkyl halides is 3. The second-order valence-corrected chi connectivity index (χ2v) is 8.49. The van der Waals surface area contributed by atoms with Crippen LogP contribution in [-0.4, -0.2) is 53.9 Å². The van der Waals surface area contributed by atoms with Crippen molar-refractivity contribution in [3.63, 3.8) is 0 Å². The average Bonchev–Trinajstić information content (AvgIpc) is 3.43. The third-order valence-electron chi connectivity index (χ3n) is 6.13. The Hall–Kier alpha value is -3.31. The van der Waals surface area contributed by atoms with Crippen LogP contribution in [0.25, 0.3) is 5.65 Å². The molecule has 2 N–H and O–H groups in total. The minimum absolute atomic E-state index is 0.0897. The van der Waals surface area contributed by atoms with E-state index in [9.17, 15) is 22.8 Å². The number of fused-ring (bicyclic) bond motifs is 2. The van der Waals surface area contributed by atoms with Gasteiger partial charge >= 0.3 is 6.18 Å². The fourth-order valence-corrected chi connectivity index (χ4v) is 4.69. The number of aromatic amines is 1. The Morgan fingerprint density at radius 1 is 1.28 bits per heavy atom. The van der Waals surface area contributed by atoms with Crippen LogP contribution in [0.3, 0.4) is 0 Å². The molecule has 3 atom stereocenters. The number of carbonyl (C=O) groups excluding carboxylic acids is 1. The van der Waals surface area contributed by atoms with Crippen LogP contribution in [0, 0.1) is 6.92 Å². The molecule has 1 amide bonds. The molecule has 5 rings (SSSR count). The normalized spacial score (nSPS) is 23.4. The average molecular weight is 449 g/mol. The molecule has 2 aliphatic rings. The van der Waals surface area contributed by atoms with E-state index in [1.807, 2.05) is 0 Å². The standard InChI is InChI=1S/C20H22F3N7O2/c1-10-6-15(20(21,22)23)29-18(26-10)12(9-24-29)19(32)28-5-3-4-14(28)13-8-16-25-11(2)7-17(31)30(16)27-13/h7-10,14-15,26-27H,3-6H2,1-2H3. The number of anilines is 1. The van der Waals surface area contributed by atoms with Gasteiger partial charge in [-0.2, -0.15) is 18.3 Å². The summed E-state index contributed by atoms with van der Waals surface area (Å²) in [6.45, 7) is 3.83. The number of rotatable bonds is 2. The molecule has 2 aliphatic heterocycles. The molecule has 9 nitrogen and oxygen atoms in total. The molecule has 1 saturated heterocycles. The molecule has 170 valence electrons. The van der Waals surface area contributed by atoms with Crippen LogP contribution in [0.1, 0.15) is 60.0 Å². The molecule has 5 heterocycles. The van der Waals surface area contributed by atoms with Crippen molar-refractivity contribution in [3.8, 4) is 0 Å². The first-order chi connectivity index (χ1) is 15.1. The van der Waals surface area contributed by atoms with Crippen molar-refractivity contribution >= 4 is 17.4 Å². The van der Waals surface area contributed by atoms with Gasteiger partial charge in [-0.1, -0.05) is 0 Å². The summed E-state index contributed by atoms with van der Waals surface area (Å²) >= 11 is 0. The van der Waals surface area contributed by atoms with Crippen molar-refractivity contribution in [2.75, 3.05) is 11.9 Å². The molecular weight excluding hydrogens is 427 g/mol. The molecule has 0 bridgehead atoms. The summed E-state index contributed by atoms with van der Waals surface area (Å²) in [4.78, 5) is 31.6. The Labute approximate surface area is 180 Å². The zero-order valence-electron chi connectivity index (χ0n) is 17.5. The number of likely N-dealkylation sites (tertiary alicyclic amines) is 1. The number of H-pyrrole nitrogens is 1. The van der Waals surface area contributed by atoms with Crippen LogP contribution < -0.4 is 10.9 Å². The van der Waals surface area contributed by atoms with Gasteiger partial charge in [0, 0.05) is 30.4 Å². The summed E-state index contributed by atoms with van der Waals surface area (Å²) in [5, 5.41) is 9.93. The molecule has 0 saturated carbocycles. The predicted molar refractivity (Wildman–Crippen MR) is 109 cm³/mol. The van der Waals surface area contributed by atoms with E-state index in [-0.39, 0.29) is 29.4 Å². The lowest BCUT2D eigenvalue weighted by Crippen LogP contribution is -2.39. The number of hydrogen-bond acceptors (Lipinski definition) is 5. The summed E-state index contributed by atoms with van der Waals surface area (Å²) < 4.78 is 42.8. The Morgan fingerprint density at radius 3 is 2.81 bits per heavy atom. The van der Waals surface area contributed by atoms with Crippen LogP contribution in [0.15, 0.2) is 23.1 Å². The summed E-state index contributed by atoms with van der Waals surface area (Å²) in [5.74, 6) is -0.307. The zero-order chi connectivity index (χ0) is 22.8. The number of aromatic nitrogens is 5. The monoisotopic (exact) mass is 449 g/mol. The van der Waals surface area contributed by atoms with Gasteiger partial charge in [-0.15, -0.1) is 0 Å². The second-order valence-electron chi connectivity index (χ2n) is 8.49. The predicted octanol–water partition coefficient (Wildman–Crippen LogP) is 2.81. The molecule has 0 radical (unpaired) electrons. The number of hydrogen-bond donors (Lipinski definition) is 2. The Morgan fingerprint density at radius 2 is 2.06 bits per heavy atom. The Balaban J connectivity index is 1.50. The maximum atomic E-state index is 13.5.